The van der Waals surface area contributed by atoms with Gasteiger partial charge in [-0.15, -0.1) is 0 Å². The minimum atomic E-state index is 0.285. The lowest BCUT2D eigenvalue weighted by molar-refractivity contribution is 0.000133. The molecule has 1 aliphatic carbocycles. The summed E-state index contributed by atoms with van der Waals surface area (Å²) in [5, 5.41) is 3.52. The summed E-state index contributed by atoms with van der Waals surface area (Å²) in [7, 11) is 0. The predicted molar refractivity (Wildman–Crippen MR) is 78.1 cm³/mol. The lowest BCUT2D eigenvalue weighted by atomic mass is 9.89. The first-order chi connectivity index (χ1) is 9.43. The van der Waals surface area contributed by atoms with Crippen molar-refractivity contribution in [2.75, 3.05) is 19.7 Å². The van der Waals surface area contributed by atoms with Crippen LogP contribution >= 0.6 is 0 Å². The minimum absolute atomic E-state index is 0.285. The zero-order chi connectivity index (χ0) is 12.9. The molecule has 0 radical (unpaired) electrons. The maximum Gasteiger partial charge on any atom is 0.0865 e. The summed E-state index contributed by atoms with van der Waals surface area (Å²) in [6.45, 7) is 3.20. The van der Waals surface area contributed by atoms with Crippen LogP contribution in [0.25, 0.3) is 0 Å². The fourth-order valence-electron chi connectivity index (χ4n) is 3.05. The van der Waals surface area contributed by atoms with Gasteiger partial charge in [0.2, 0.25) is 0 Å². The van der Waals surface area contributed by atoms with Gasteiger partial charge in [0.15, 0.2) is 0 Å². The number of nitrogens with one attached hydrogen (secondary N) is 1. The molecule has 104 valence electrons. The molecule has 1 N–H and O–H groups in total. The largest absolute Gasteiger partial charge is 0.373 e. The SMILES string of the molecule is c1ccc(C(OCCC2CC2)C2CCCNC2)cc1. The van der Waals surface area contributed by atoms with Gasteiger partial charge in [0, 0.05) is 19.1 Å². The summed E-state index contributed by atoms with van der Waals surface area (Å²) in [4.78, 5) is 0. The van der Waals surface area contributed by atoms with E-state index in [1.54, 1.807) is 0 Å². The van der Waals surface area contributed by atoms with Crippen molar-refractivity contribution in [1.82, 2.24) is 5.32 Å². The summed E-state index contributed by atoms with van der Waals surface area (Å²) in [6, 6.07) is 10.8. The Morgan fingerprint density at radius 2 is 2.00 bits per heavy atom. The average Bonchev–Trinajstić information content (AvgIpc) is 3.30. The van der Waals surface area contributed by atoms with Crippen LogP contribution in [0.3, 0.4) is 0 Å². The van der Waals surface area contributed by atoms with E-state index in [9.17, 15) is 0 Å². The Morgan fingerprint density at radius 3 is 2.68 bits per heavy atom. The Morgan fingerprint density at radius 1 is 1.16 bits per heavy atom. The van der Waals surface area contributed by atoms with Crippen LogP contribution in [0.5, 0.6) is 0 Å². The van der Waals surface area contributed by atoms with E-state index in [1.807, 2.05) is 0 Å². The predicted octanol–water partition coefficient (Wildman–Crippen LogP) is 3.54. The van der Waals surface area contributed by atoms with Crippen molar-refractivity contribution in [2.24, 2.45) is 11.8 Å². The molecule has 2 unspecified atom stereocenters. The van der Waals surface area contributed by atoms with E-state index < -0.39 is 0 Å². The summed E-state index contributed by atoms with van der Waals surface area (Å²) in [5.41, 5.74) is 1.35. The Labute approximate surface area is 116 Å². The van der Waals surface area contributed by atoms with Gasteiger partial charge >= 0.3 is 0 Å². The fourth-order valence-corrected chi connectivity index (χ4v) is 3.05. The van der Waals surface area contributed by atoms with Crippen molar-refractivity contribution >= 4 is 0 Å². The molecule has 19 heavy (non-hydrogen) atoms. The highest BCUT2D eigenvalue weighted by atomic mass is 16.5. The van der Waals surface area contributed by atoms with Crippen LogP contribution in [-0.4, -0.2) is 19.7 Å². The molecular weight excluding hydrogens is 234 g/mol. The second-order valence-corrected chi connectivity index (χ2v) is 6.04. The maximum absolute atomic E-state index is 6.28. The molecule has 1 saturated heterocycles. The molecule has 2 heteroatoms. The van der Waals surface area contributed by atoms with Crippen LogP contribution in [0.2, 0.25) is 0 Å². The highest BCUT2D eigenvalue weighted by Gasteiger charge is 2.27. The normalized spacial score (nSPS) is 25.2. The monoisotopic (exact) mass is 259 g/mol. The Hall–Kier alpha value is -0.860. The smallest absolute Gasteiger partial charge is 0.0865 e. The maximum atomic E-state index is 6.28. The molecule has 0 amide bonds. The molecule has 1 saturated carbocycles. The van der Waals surface area contributed by atoms with Crippen molar-refractivity contribution in [3.05, 3.63) is 35.9 Å². The van der Waals surface area contributed by atoms with Crippen molar-refractivity contribution in [3.8, 4) is 0 Å². The quantitative estimate of drug-likeness (QED) is 0.843. The van der Waals surface area contributed by atoms with Crippen molar-refractivity contribution in [3.63, 3.8) is 0 Å². The number of hydrogen-bond donors (Lipinski definition) is 1. The summed E-state index contributed by atoms with van der Waals surface area (Å²) in [5.74, 6) is 1.59. The molecule has 0 aromatic heterocycles. The van der Waals surface area contributed by atoms with E-state index in [1.165, 1.54) is 44.2 Å². The topological polar surface area (TPSA) is 21.3 Å². The molecule has 1 heterocycles. The lowest BCUT2D eigenvalue weighted by Gasteiger charge is -2.31. The zero-order valence-electron chi connectivity index (χ0n) is 11.7. The van der Waals surface area contributed by atoms with E-state index >= 15 is 0 Å². The van der Waals surface area contributed by atoms with Crippen LogP contribution in [-0.2, 0) is 4.74 Å². The molecule has 1 aliphatic heterocycles. The number of ether oxygens (including phenoxy) is 1. The summed E-state index contributed by atoms with van der Waals surface area (Å²) in [6.07, 6.45) is 6.95. The Bertz CT molecular complexity index is 368. The molecule has 0 spiro atoms. The molecule has 2 atom stereocenters. The average molecular weight is 259 g/mol. The third-order valence-corrected chi connectivity index (χ3v) is 4.41. The standard InChI is InChI=1S/C17H25NO/c1-2-5-15(6-3-1)17(16-7-4-11-18-13-16)19-12-10-14-8-9-14/h1-3,5-6,14,16-18H,4,7-13H2. The number of piperidine rings is 1. The molecule has 2 aliphatic rings. The van der Waals surface area contributed by atoms with Gasteiger partial charge in [0.1, 0.15) is 0 Å². The first kappa shape index (κ1) is 13.1. The molecule has 3 rings (SSSR count). The molecular formula is C17H25NO. The van der Waals surface area contributed by atoms with Gasteiger partial charge in [-0.25, -0.2) is 0 Å². The van der Waals surface area contributed by atoms with Gasteiger partial charge in [-0.3, -0.25) is 0 Å². The highest BCUT2D eigenvalue weighted by molar-refractivity contribution is 5.18. The van der Waals surface area contributed by atoms with Gasteiger partial charge in [-0.05, 0) is 37.3 Å². The molecule has 2 fully saturated rings. The minimum Gasteiger partial charge on any atom is -0.373 e. The first-order valence-corrected chi connectivity index (χ1v) is 7.81. The molecule has 1 aromatic carbocycles. The van der Waals surface area contributed by atoms with Gasteiger partial charge in [-0.1, -0.05) is 43.2 Å². The van der Waals surface area contributed by atoms with Gasteiger partial charge in [0.05, 0.1) is 6.10 Å². The molecule has 0 bridgehead atoms. The number of hydrogen-bond acceptors (Lipinski definition) is 2. The van der Waals surface area contributed by atoms with Crippen molar-refractivity contribution in [2.45, 2.75) is 38.2 Å². The molecule has 1 aromatic rings. The van der Waals surface area contributed by atoms with Gasteiger partial charge in [0.25, 0.3) is 0 Å². The van der Waals surface area contributed by atoms with E-state index in [-0.39, 0.29) is 6.10 Å². The van der Waals surface area contributed by atoms with Crippen LogP contribution in [0.1, 0.15) is 43.8 Å². The van der Waals surface area contributed by atoms with E-state index in [0.29, 0.717) is 5.92 Å². The third kappa shape index (κ3) is 3.80. The van der Waals surface area contributed by atoms with Crippen LogP contribution in [0, 0.1) is 11.8 Å². The second kappa shape index (κ2) is 6.53. The third-order valence-electron chi connectivity index (χ3n) is 4.41. The first-order valence-electron chi connectivity index (χ1n) is 7.81. The fraction of sp³-hybridized carbons (Fsp3) is 0.647. The second-order valence-electron chi connectivity index (χ2n) is 6.04. The number of benzene rings is 1. The lowest BCUT2D eigenvalue weighted by Crippen LogP contribution is -2.34. The van der Waals surface area contributed by atoms with E-state index in [4.69, 9.17) is 4.74 Å². The van der Waals surface area contributed by atoms with Gasteiger partial charge < -0.3 is 10.1 Å². The van der Waals surface area contributed by atoms with E-state index in [0.717, 1.165) is 19.1 Å². The van der Waals surface area contributed by atoms with Crippen LogP contribution in [0.15, 0.2) is 30.3 Å². The number of rotatable bonds is 6. The Balaban J connectivity index is 1.62. The molecule has 2 nitrogen and oxygen atoms in total. The van der Waals surface area contributed by atoms with Gasteiger partial charge in [-0.2, -0.15) is 0 Å². The zero-order valence-corrected chi connectivity index (χ0v) is 11.7. The Kier molecular flexibility index (Phi) is 4.52. The van der Waals surface area contributed by atoms with Crippen molar-refractivity contribution in [1.29, 1.82) is 0 Å². The van der Waals surface area contributed by atoms with Crippen molar-refractivity contribution < 1.29 is 4.74 Å². The van der Waals surface area contributed by atoms with Crippen LogP contribution in [0.4, 0.5) is 0 Å². The highest BCUT2D eigenvalue weighted by Crippen LogP contribution is 2.35. The summed E-state index contributed by atoms with van der Waals surface area (Å²) >= 11 is 0. The van der Waals surface area contributed by atoms with Crippen LogP contribution < -0.4 is 5.32 Å². The summed E-state index contributed by atoms with van der Waals surface area (Å²) < 4.78 is 6.28. The van der Waals surface area contributed by atoms with E-state index in [2.05, 4.69) is 35.6 Å².